The van der Waals surface area contributed by atoms with Crippen LogP contribution in [0.2, 0.25) is 10.0 Å². The Morgan fingerprint density at radius 1 is 1.39 bits per heavy atom. The molecule has 2 atom stereocenters. The minimum absolute atomic E-state index is 0.279. The molecule has 1 aromatic carbocycles. The van der Waals surface area contributed by atoms with E-state index in [0.29, 0.717) is 16.0 Å². The summed E-state index contributed by atoms with van der Waals surface area (Å²) in [6.07, 6.45) is 2.43. The molecular weight excluding hydrogens is 269 g/mol. The van der Waals surface area contributed by atoms with Crippen LogP contribution in [-0.4, -0.2) is 19.8 Å². The summed E-state index contributed by atoms with van der Waals surface area (Å²) in [6, 6.07) is 6.07. The number of halogens is 2. The fraction of sp³-hybridized carbons (Fsp3) is 0.571. The van der Waals surface area contributed by atoms with Crippen LogP contribution in [0.4, 0.5) is 0 Å². The molecule has 1 fully saturated rings. The van der Waals surface area contributed by atoms with Crippen molar-refractivity contribution < 1.29 is 4.74 Å². The summed E-state index contributed by atoms with van der Waals surface area (Å²) in [5.74, 6) is 0.629. The predicted molar refractivity (Wildman–Crippen MR) is 76.4 cm³/mol. The monoisotopic (exact) mass is 287 g/mol. The van der Waals surface area contributed by atoms with E-state index in [-0.39, 0.29) is 6.04 Å². The molecule has 2 rings (SSSR count). The van der Waals surface area contributed by atoms with Crippen LogP contribution in [0.15, 0.2) is 18.2 Å². The van der Waals surface area contributed by atoms with Gasteiger partial charge in [-0.05, 0) is 43.4 Å². The van der Waals surface area contributed by atoms with E-state index in [2.05, 4.69) is 12.2 Å². The Balaban J connectivity index is 1.86. The zero-order chi connectivity index (χ0) is 13.0. The van der Waals surface area contributed by atoms with E-state index in [1.807, 2.05) is 18.2 Å². The second-order valence-corrected chi connectivity index (χ2v) is 5.70. The zero-order valence-corrected chi connectivity index (χ0v) is 12.1. The standard InChI is InChI=1S/C14H19Cl2NO/c1-10(12-4-5-13(15)14(16)7-12)17-8-11-3-2-6-18-9-11/h4-5,7,10-11,17H,2-3,6,8-9H2,1H3. The van der Waals surface area contributed by atoms with Gasteiger partial charge in [0.15, 0.2) is 0 Å². The second kappa shape index (κ2) is 6.76. The third kappa shape index (κ3) is 3.86. The maximum Gasteiger partial charge on any atom is 0.0595 e. The van der Waals surface area contributed by atoms with Crippen molar-refractivity contribution in [3.05, 3.63) is 33.8 Å². The zero-order valence-electron chi connectivity index (χ0n) is 10.6. The van der Waals surface area contributed by atoms with Crippen LogP contribution in [0, 0.1) is 5.92 Å². The van der Waals surface area contributed by atoms with Gasteiger partial charge in [-0.2, -0.15) is 0 Å². The molecule has 0 radical (unpaired) electrons. The van der Waals surface area contributed by atoms with Crippen LogP contribution in [0.25, 0.3) is 0 Å². The molecule has 2 unspecified atom stereocenters. The van der Waals surface area contributed by atoms with Gasteiger partial charge in [-0.15, -0.1) is 0 Å². The Hall–Kier alpha value is -0.280. The summed E-state index contributed by atoms with van der Waals surface area (Å²) in [5.41, 5.74) is 1.17. The van der Waals surface area contributed by atoms with Gasteiger partial charge in [0.05, 0.1) is 16.7 Å². The Bertz CT molecular complexity index is 391. The van der Waals surface area contributed by atoms with Gasteiger partial charge in [-0.1, -0.05) is 29.3 Å². The molecule has 1 aliphatic rings. The van der Waals surface area contributed by atoms with E-state index in [1.165, 1.54) is 18.4 Å². The summed E-state index contributed by atoms with van der Waals surface area (Å²) >= 11 is 11.9. The molecule has 0 bridgehead atoms. The molecular formula is C14H19Cl2NO. The minimum Gasteiger partial charge on any atom is -0.381 e. The Morgan fingerprint density at radius 2 is 2.22 bits per heavy atom. The van der Waals surface area contributed by atoms with Gasteiger partial charge >= 0.3 is 0 Å². The highest BCUT2D eigenvalue weighted by Gasteiger charge is 2.15. The van der Waals surface area contributed by atoms with Crippen molar-refractivity contribution in [2.75, 3.05) is 19.8 Å². The van der Waals surface area contributed by atoms with Gasteiger partial charge < -0.3 is 10.1 Å². The molecule has 0 aliphatic carbocycles. The third-order valence-electron chi connectivity index (χ3n) is 3.41. The van der Waals surface area contributed by atoms with Gasteiger partial charge in [-0.25, -0.2) is 0 Å². The largest absolute Gasteiger partial charge is 0.381 e. The maximum atomic E-state index is 6.03. The molecule has 1 aliphatic heterocycles. The first-order chi connectivity index (χ1) is 8.66. The van der Waals surface area contributed by atoms with Crippen molar-refractivity contribution >= 4 is 23.2 Å². The second-order valence-electron chi connectivity index (χ2n) is 4.89. The number of hydrogen-bond donors (Lipinski definition) is 1. The van der Waals surface area contributed by atoms with E-state index in [4.69, 9.17) is 27.9 Å². The SMILES string of the molecule is CC(NCC1CCCOC1)c1ccc(Cl)c(Cl)c1. The van der Waals surface area contributed by atoms with Crippen molar-refractivity contribution in [2.45, 2.75) is 25.8 Å². The smallest absolute Gasteiger partial charge is 0.0595 e. The lowest BCUT2D eigenvalue weighted by molar-refractivity contribution is 0.0540. The lowest BCUT2D eigenvalue weighted by Gasteiger charge is -2.24. The molecule has 0 spiro atoms. The van der Waals surface area contributed by atoms with Gasteiger partial charge in [0.1, 0.15) is 0 Å². The maximum absolute atomic E-state index is 6.03. The fourth-order valence-corrected chi connectivity index (χ4v) is 2.52. The fourth-order valence-electron chi connectivity index (χ4n) is 2.21. The summed E-state index contributed by atoms with van der Waals surface area (Å²) in [5, 5.41) is 4.75. The highest BCUT2D eigenvalue weighted by atomic mass is 35.5. The lowest BCUT2D eigenvalue weighted by Crippen LogP contribution is -2.30. The van der Waals surface area contributed by atoms with E-state index < -0.39 is 0 Å². The van der Waals surface area contributed by atoms with E-state index in [1.54, 1.807) is 0 Å². The van der Waals surface area contributed by atoms with E-state index >= 15 is 0 Å². The first-order valence-electron chi connectivity index (χ1n) is 6.43. The molecule has 1 saturated heterocycles. The number of ether oxygens (including phenoxy) is 1. The van der Waals surface area contributed by atoms with Crippen molar-refractivity contribution in [1.82, 2.24) is 5.32 Å². The van der Waals surface area contributed by atoms with Gasteiger partial charge in [-0.3, -0.25) is 0 Å². The van der Waals surface area contributed by atoms with Gasteiger partial charge in [0, 0.05) is 19.2 Å². The molecule has 1 N–H and O–H groups in total. The summed E-state index contributed by atoms with van der Waals surface area (Å²) in [6.45, 7) is 4.92. The van der Waals surface area contributed by atoms with Crippen LogP contribution in [-0.2, 0) is 4.74 Å². The van der Waals surface area contributed by atoms with Crippen molar-refractivity contribution in [2.24, 2.45) is 5.92 Å². The quantitative estimate of drug-likeness (QED) is 0.901. The molecule has 100 valence electrons. The average Bonchev–Trinajstić information content (AvgIpc) is 2.40. The molecule has 18 heavy (non-hydrogen) atoms. The lowest BCUT2D eigenvalue weighted by atomic mass is 10.0. The molecule has 0 saturated carbocycles. The number of hydrogen-bond acceptors (Lipinski definition) is 2. The Kier molecular flexibility index (Phi) is 5.31. The molecule has 4 heteroatoms. The third-order valence-corrected chi connectivity index (χ3v) is 4.15. The van der Waals surface area contributed by atoms with Gasteiger partial charge in [0.25, 0.3) is 0 Å². The number of nitrogens with one attached hydrogen (secondary N) is 1. The van der Waals surface area contributed by atoms with Crippen LogP contribution >= 0.6 is 23.2 Å². The highest BCUT2D eigenvalue weighted by molar-refractivity contribution is 6.42. The summed E-state index contributed by atoms with van der Waals surface area (Å²) < 4.78 is 5.48. The number of rotatable bonds is 4. The van der Waals surface area contributed by atoms with Crippen LogP contribution in [0.5, 0.6) is 0 Å². The normalized spacial score (nSPS) is 21.8. The molecule has 1 heterocycles. The number of benzene rings is 1. The van der Waals surface area contributed by atoms with Gasteiger partial charge in [0.2, 0.25) is 0 Å². The molecule has 1 aromatic rings. The van der Waals surface area contributed by atoms with Crippen LogP contribution < -0.4 is 5.32 Å². The predicted octanol–water partition coefficient (Wildman–Crippen LogP) is 4.07. The Labute approximate surface area is 119 Å². The molecule has 2 nitrogen and oxygen atoms in total. The van der Waals surface area contributed by atoms with Crippen molar-refractivity contribution in [3.63, 3.8) is 0 Å². The highest BCUT2D eigenvalue weighted by Crippen LogP contribution is 2.25. The first-order valence-corrected chi connectivity index (χ1v) is 7.18. The average molecular weight is 288 g/mol. The van der Waals surface area contributed by atoms with Crippen molar-refractivity contribution in [3.8, 4) is 0 Å². The summed E-state index contributed by atoms with van der Waals surface area (Å²) in [4.78, 5) is 0. The van der Waals surface area contributed by atoms with E-state index in [0.717, 1.165) is 19.8 Å². The Morgan fingerprint density at radius 3 is 2.89 bits per heavy atom. The minimum atomic E-state index is 0.279. The van der Waals surface area contributed by atoms with Crippen LogP contribution in [0.1, 0.15) is 31.4 Å². The first kappa shape index (κ1) is 14.1. The van der Waals surface area contributed by atoms with Crippen molar-refractivity contribution in [1.29, 1.82) is 0 Å². The topological polar surface area (TPSA) is 21.3 Å². The summed E-state index contributed by atoms with van der Waals surface area (Å²) in [7, 11) is 0. The van der Waals surface area contributed by atoms with Crippen LogP contribution in [0.3, 0.4) is 0 Å². The molecule has 0 aromatic heterocycles. The van der Waals surface area contributed by atoms with E-state index in [9.17, 15) is 0 Å². The molecule has 0 amide bonds.